The van der Waals surface area contributed by atoms with Crippen molar-refractivity contribution >= 4 is 0 Å². The summed E-state index contributed by atoms with van der Waals surface area (Å²) < 4.78 is 11.2. The second-order valence-electron chi connectivity index (χ2n) is 6.09. The fourth-order valence-electron chi connectivity index (χ4n) is 2.81. The number of hydrogen-bond acceptors (Lipinski definition) is 4. The summed E-state index contributed by atoms with van der Waals surface area (Å²) in [6, 6.07) is 4.12. The zero-order valence-corrected chi connectivity index (χ0v) is 11.7. The van der Waals surface area contributed by atoms with E-state index < -0.39 is 5.60 Å². The lowest BCUT2D eigenvalue weighted by Crippen LogP contribution is -2.45. The van der Waals surface area contributed by atoms with Gasteiger partial charge in [-0.2, -0.15) is 0 Å². The lowest BCUT2D eigenvalue weighted by molar-refractivity contribution is -0.0265. The van der Waals surface area contributed by atoms with Gasteiger partial charge in [-0.15, -0.1) is 0 Å². The summed E-state index contributed by atoms with van der Waals surface area (Å²) >= 11 is 0. The summed E-state index contributed by atoms with van der Waals surface area (Å²) in [6.07, 6.45) is 1.85. The summed E-state index contributed by atoms with van der Waals surface area (Å²) in [5, 5.41) is 13.6. The third-order valence-corrected chi connectivity index (χ3v) is 4.55. The molecule has 0 spiro atoms. The third kappa shape index (κ3) is 2.71. The van der Waals surface area contributed by atoms with Gasteiger partial charge in [-0.3, -0.25) is 0 Å². The molecule has 1 aliphatic carbocycles. The first-order valence-electron chi connectivity index (χ1n) is 7.22. The molecule has 4 unspecified atom stereocenters. The molecule has 2 aliphatic rings. The van der Waals surface area contributed by atoms with Crippen molar-refractivity contribution in [2.75, 3.05) is 13.2 Å². The quantitative estimate of drug-likeness (QED) is 0.855. The van der Waals surface area contributed by atoms with Crippen molar-refractivity contribution in [3.63, 3.8) is 0 Å². The Bertz CT molecular complexity index is 444. The van der Waals surface area contributed by atoms with Gasteiger partial charge in [0.2, 0.25) is 0 Å². The molecule has 1 saturated heterocycles. The van der Waals surface area contributed by atoms with E-state index in [0.29, 0.717) is 32.0 Å². The molecule has 0 amide bonds. The Morgan fingerprint density at radius 3 is 2.84 bits per heavy atom. The highest BCUT2D eigenvalue weighted by Crippen LogP contribution is 2.47. The first-order chi connectivity index (χ1) is 9.08. The fraction of sp³-hybridized carbons (Fsp3) is 0.733. The molecule has 2 fully saturated rings. The SMILES string of the molecule is CC1CC1c1ccc(CNCC2(O)CCOC2C)o1. The van der Waals surface area contributed by atoms with Crippen LogP contribution in [0.25, 0.3) is 0 Å². The Kier molecular flexibility index (Phi) is 3.41. The van der Waals surface area contributed by atoms with E-state index in [9.17, 15) is 5.11 Å². The minimum atomic E-state index is -0.736. The lowest BCUT2D eigenvalue weighted by atomic mass is 9.97. The summed E-state index contributed by atoms with van der Waals surface area (Å²) in [5.74, 6) is 3.45. The Morgan fingerprint density at radius 1 is 1.42 bits per heavy atom. The van der Waals surface area contributed by atoms with Crippen LogP contribution in [-0.4, -0.2) is 30.0 Å². The van der Waals surface area contributed by atoms with E-state index in [1.54, 1.807) is 0 Å². The summed E-state index contributed by atoms with van der Waals surface area (Å²) in [4.78, 5) is 0. The van der Waals surface area contributed by atoms with Crippen LogP contribution in [0.1, 0.15) is 44.1 Å². The number of rotatable bonds is 5. The largest absolute Gasteiger partial charge is 0.464 e. The molecular weight excluding hydrogens is 242 g/mol. The van der Waals surface area contributed by atoms with Gasteiger partial charge < -0.3 is 19.6 Å². The smallest absolute Gasteiger partial charge is 0.117 e. The van der Waals surface area contributed by atoms with E-state index in [-0.39, 0.29) is 6.10 Å². The molecule has 0 radical (unpaired) electrons. The molecule has 0 bridgehead atoms. The lowest BCUT2D eigenvalue weighted by Gasteiger charge is -2.26. The maximum atomic E-state index is 10.4. The standard InChI is InChI=1S/C15H23NO3/c1-10-7-13(10)14-4-3-12(19-14)8-16-9-15(17)5-6-18-11(15)2/h3-4,10-11,13,16-17H,5-9H2,1-2H3. The molecule has 4 atom stereocenters. The van der Waals surface area contributed by atoms with Gasteiger partial charge in [-0.1, -0.05) is 6.92 Å². The zero-order valence-electron chi connectivity index (χ0n) is 11.7. The van der Waals surface area contributed by atoms with Crippen molar-refractivity contribution in [3.05, 3.63) is 23.7 Å². The molecule has 106 valence electrons. The minimum Gasteiger partial charge on any atom is -0.464 e. The first-order valence-corrected chi connectivity index (χ1v) is 7.22. The number of furan rings is 1. The monoisotopic (exact) mass is 265 g/mol. The third-order valence-electron chi connectivity index (χ3n) is 4.55. The molecule has 4 heteroatoms. The molecule has 1 aliphatic heterocycles. The Hall–Kier alpha value is -0.840. The Morgan fingerprint density at radius 2 is 2.21 bits per heavy atom. The average Bonchev–Trinajstić information content (AvgIpc) is 2.79. The molecule has 0 aromatic carbocycles. The van der Waals surface area contributed by atoms with Gasteiger partial charge in [0.1, 0.15) is 17.1 Å². The van der Waals surface area contributed by atoms with E-state index in [1.165, 1.54) is 6.42 Å². The van der Waals surface area contributed by atoms with Gasteiger partial charge in [0.15, 0.2) is 0 Å². The van der Waals surface area contributed by atoms with Crippen molar-refractivity contribution in [1.82, 2.24) is 5.32 Å². The zero-order chi connectivity index (χ0) is 13.5. The topological polar surface area (TPSA) is 54.6 Å². The summed E-state index contributed by atoms with van der Waals surface area (Å²) in [7, 11) is 0. The van der Waals surface area contributed by atoms with Crippen LogP contribution in [0.15, 0.2) is 16.5 Å². The predicted octanol–water partition coefficient (Wildman–Crippen LogP) is 2.03. The highest BCUT2D eigenvalue weighted by molar-refractivity contribution is 5.17. The normalized spacial score (nSPS) is 37.7. The number of hydrogen-bond donors (Lipinski definition) is 2. The Balaban J connectivity index is 1.48. The number of nitrogens with one attached hydrogen (secondary N) is 1. The van der Waals surface area contributed by atoms with Crippen molar-refractivity contribution in [1.29, 1.82) is 0 Å². The van der Waals surface area contributed by atoms with Crippen LogP contribution in [0, 0.1) is 5.92 Å². The highest BCUT2D eigenvalue weighted by atomic mass is 16.5. The molecular formula is C15H23NO3. The highest BCUT2D eigenvalue weighted by Gasteiger charge is 2.39. The second kappa shape index (κ2) is 4.93. The van der Waals surface area contributed by atoms with Gasteiger partial charge in [-0.05, 0) is 31.4 Å². The molecule has 3 rings (SSSR count). The molecule has 1 aromatic rings. The van der Waals surface area contributed by atoms with Crippen LogP contribution in [-0.2, 0) is 11.3 Å². The van der Waals surface area contributed by atoms with Crippen molar-refractivity contribution in [2.24, 2.45) is 5.92 Å². The number of ether oxygens (including phenoxy) is 1. The Labute approximate surface area is 114 Å². The van der Waals surface area contributed by atoms with E-state index in [0.717, 1.165) is 17.4 Å². The molecule has 1 saturated carbocycles. The van der Waals surface area contributed by atoms with Crippen LogP contribution < -0.4 is 5.32 Å². The second-order valence-corrected chi connectivity index (χ2v) is 6.09. The molecule has 4 nitrogen and oxygen atoms in total. The van der Waals surface area contributed by atoms with Gasteiger partial charge in [0.25, 0.3) is 0 Å². The minimum absolute atomic E-state index is 0.0977. The average molecular weight is 265 g/mol. The molecule has 1 aromatic heterocycles. The molecule has 2 heterocycles. The maximum Gasteiger partial charge on any atom is 0.117 e. The summed E-state index contributed by atoms with van der Waals surface area (Å²) in [6.45, 7) is 6.03. The van der Waals surface area contributed by atoms with E-state index in [2.05, 4.69) is 18.3 Å². The molecule has 19 heavy (non-hydrogen) atoms. The van der Waals surface area contributed by atoms with Gasteiger partial charge in [0.05, 0.1) is 12.6 Å². The van der Waals surface area contributed by atoms with Crippen LogP contribution in [0.2, 0.25) is 0 Å². The fourth-order valence-corrected chi connectivity index (χ4v) is 2.81. The van der Waals surface area contributed by atoms with Crippen LogP contribution >= 0.6 is 0 Å². The van der Waals surface area contributed by atoms with E-state index in [1.807, 2.05) is 13.0 Å². The van der Waals surface area contributed by atoms with Gasteiger partial charge in [0, 0.05) is 25.5 Å². The van der Waals surface area contributed by atoms with Crippen LogP contribution in [0.3, 0.4) is 0 Å². The molecule has 2 N–H and O–H groups in total. The van der Waals surface area contributed by atoms with Gasteiger partial charge >= 0.3 is 0 Å². The first kappa shape index (κ1) is 13.2. The predicted molar refractivity (Wildman–Crippen MR) is 71.9 cm³/mol. The van der Waals surface area contributed by atoms with Crippen LogP contribution in [0.4, 0.5) is 0 Å². The van der Waals surface area contributed by atoms with Crippen LogP contribution in [0.5, 0.6) is 0 Å². The van der Waals surface area contributed by atoms with Crippen molar-refractivity contribution in [2.45, 2.75) is 50.9 Å². The van der Waals surface area contributed by atoms with Crippen molar-refractivity contribution in [3.8, 4) is 0 Å². The number of aliphatic hydroxyl groups is 1. The van der Waals surface area contributed by atoms with E-state index >= 15 is 0 Å². The summed E-state index contributed by atoms with van der Waals surface area (Å²) in [5.41, 5.74) is -0.736. The maximum absolute atomic E-state index is 10.4. The van der Waals surface area contributed by atoms with Crippen molar-refractivity contribution < 1.29 is 14.3 Å². The van der Waals surface area contributed by atoms with Gasteiger partial charge in [-0.25, -0.2) is 0 Å². The van der Waals surface area contributed by atoms with E-state index in [4.69, 9.17) is 9.15 Å².